The normalized spacial score (nSPS) is 15.8. The van der Waals surface area contributed by atoms with Gasteiger partial charge in [-0.05, 0) is 65.6 Å². The lowest BCUT2D eigenvalue weighted by Crippen LogP contribution is -1.97. The Morgan fingerprint density at radius 3 is 2.85 bits per heavy atom. The lowest BCUT2D eigenvalue weighted by molar-refractivity contribution is 0.303. The summed E-state index contributed by atoms with van der Waals surface area (Å²) < 4.78 is 7.06. The zero-order valence-corrected chi connectivity index (χ0v) is 9.87. The Labute approximate surface area is 92.6 Å². The highest BCUT2D eigenvalue weighted by Gasteiger charge is 2.23. The SMILES string of the molecule is CCc1cc(OC2CC2)ccc1I. The molecule has 0 N–H and O–H groups in total. The second kappa shape index (κ2) is 3.86. The lowest BCUT2D eigenvalue weighted by Gasteiger charge is -2.07. The van der Waals surface area contributed by atoms with Crippen LogP contribution in [0.15, 0.2) is 18.2 Å². The monoisotopic (exact) mass is 288 g/mol. The van der Waals surface area contributed by atoms with Crippen LogP contribution in [0.2, 0.25) is 0 Å². The molecule has 0 spiro atoms. The van der Waals surface area contributed by atoms with Crippen molar-refractivity contribution in [1.82, 2.24) is 0 Å². The summed E-state index contributed by atoms with van der Waals surface area (Å²) in [5.41, 5.74) is 1.39. The summed E-state index contributed by atoms with van der Waals surface area (Å²) in [6.07, 6.45) is 4.05. The average molecular weight is 288 g/mol. The van der Waals surface area contributed by atoms with E-state index in [1.54, 1.807) is 0 Å². The van der Waals surface area contributed by atoms with Crippen LogP contribution in [0.4, 0.5) is 0 Å². The molecule has 1 aliphatic rings. The van der Waals surface area contributed by atoms with E-state index in [2.05, 4.69) is 47.7 Å². The van der Waals surface area contributed by atoms with Gasteiger partial charge in [-0.3, -0.25) is 0 Å². The van der Waals surface area contributed by atoms with Gasteiger partial charge in [0, 0.05) is 3.57 Å². The lowest BCUT2D eigenvalue weighted by atomic mass is 10.2. The van der Waals surface area contributed by atoms with Crippen molar-refractivity contribution in [2.45, 2.75) is 32.3 Å². The molecular weight excluding hydrogens is 275 g/mol. The summed E-state index contributed by atoms with van der Waals surface area (Å²) in [5.74, 6) is 1.04. The van der Waals surface area contributed by atoms with Gasteiger partial charge in [0.15, 0.2) is 0 Å². The molecule has 1 aliphatic carbocycles. The zero-order valence-electron chi connectivity index (χ0n) is 7.72. The molecule has 0 bridgehead atoms. The standard InChI is InChI=1S/C11H13IO/c1-2-8-7-10(5-6-11(8)12)13-9-3-4-9/h5-7,9H,2-4H2,1H3. The second-order valence-corrected chi connectivity index (χ2v) is 4.59. The maximum absolute atomic E-state index is 5.72. The van der Waals surface area contributed by atoms with Crippen LogP contribution in [0.1, 0.15) is 25.3 Å². The highest BCUT2D eigenvalue weighted by atomic mass is 127. The van der Waals surface area contributed by atoms with E-state index in [-0.39, 0.29) is 0 Å². The number of halogens is 1. The molecule has 0 atom stereocenters. The van der Waals surface area contributed by atoms with Crippen LogP contribution in [0, 0.1) is 3.57 Å². The van der Waals surface area contributed by atoms with Crippen LogP contribution in [0.3, 0.4) is 0 Å². The molecule has 0 saturated heterocycles. The van der Waals surface area contributed by atoms with E-state index in [9.17, 15) is 0 Å². The van der Waals surface area contributed by atoms with E-state index in [4.69, 9.17) is 4.74 Å². The maximum atomic E-state index is 5.72. The predicted molar refractivity (Wildman–Crippen MR) is 62.2 cm³/mol. The second-order valence-electron chi connectivity index (χ2n) is 3.42. The van der Waals surface area contributed by atoms with Crippen molar-refractivity contribution in [2.24, 2.45) is 0 Å². The quantitative estimate of drug-likeness (QED) is 0.775. The highest BCUT2D eigenvalue weighted by Crippen LogP contribution is 2.28. The van der Waals surface area contributed by atoms with Gasteiger partial charge in [-0.25, -0.2) is 0 Å². The predicted octanol–water partition coefficient (Wildman–Crippen LogP) is 3.39. The fraction of sp³-hybridized carbons (Fsp3) is 0.455. The molecule has 13 heavy (non-hydrogen) atoms. The van der Waals surface area contributed by atoms with E-state index in [1.807, 2.05) is 0 Å². The fourth-order valence-corrected chi connectivity index (χ4v) is 1.99. The molecule has 1 nitrogen and oxygen atoms in total. The van der Waals surface area contributed by atoms with Crippen LogP contribution in [0.25, 0.3) is 0 Å². The molecule has 2 rings (SSSR count). The first-order valence-corrected chi connectivity index (χ1v) is 5.82. The van der Waals surface area contributed by atoms with Crippen molar-refractivity contribution in [2.75, 3.05) is 0 Å². The maximum Gasteiger partial charge on any atom is 0.120 e. The van der Waals surface area contributed by atoms with Gasteiger partial charge in [0.1, 0.15) is 5.75 Å². The van der Waals surface area contributed by atoms with E-state index in [0.717, 1.165) is 12.2 Å². The van der Waals surface area contributed by atoms with Crippen molar-refractivity contribution in [3.05, 3.63) is 27.3 Å². The Morgan fingerprint density at radius 1 is 1.46 bits per heavy atom. The molecular formula is C11H13IO. The summed E-state index contributed by atoms with van der Waals surface area (Å²) in [6, 6.07) is 6.37. The number of hydrogen-bond acceptors (Lipinski definition) is 1. The minimum atomic E-state index is 0.504. The summed E-state index contributed by atoms with van der Waals surface area (Å²) in [6.45, 7) is 2.18. The smallest absolute Gasteiger partial charge is 0.120 e. The third kappa shape index (κ3) is 2.36. The van der Waals surface area contributed by atoms with Gasteiger partial charge < -0.3 is 4.74 Å². The Morgan fingerprint density at radius 2 is 2.23 bits per heavy atom. The molecule has 1 aromatic rings. The number of ether oxygens (including phenoxy) is 1. The summed E-state index contributed by atoms with van der Waals surface area (Å²) in [4.78, 5) is 0. The van der Waals surface area contributed by atoms with E-state index in [0.29, 0.717) is 6.10 Å². The fourth-order valence-electron chi connectivity index (χ4n) is 1.27. The van der Waals surface area contributed by atoms with Crippen molar-refractivity contribution in [3.63, 3.8) is 0 Å². The zero-order chi connectivity index (χ0) is 9.26. The number of hydrogen-bond donors (Lipinski definition) is 0. The molecule has 0 aromatic heterocycles. The molecule has 0 unspecified atom stereocenters. The first-order valence-electron chi connectivity index (χ1n) is 4.74. The summed E-state index contributed by atoms with van der Waals surface area (Å²) in [7, 11) is 0. The van der Waals surface area contributed by atoms with Crippen molar-refractivity contribution in [3.8, 4) is 5.75 Å². The van der Waals surface area contributed by atoms with Crippen LogP contribution >= 0.6 is 22.6 Å². The minimum Gasteiger partial charge on any atom is -0.490 e. The number of aryl methyl sites for hydroxylation is 1. The van der Waals surface area contributed by atoms with Gasteiger partial charge in [-0.1, -0.05) is 6.92 Å². The Balaban J connectivity index is 2.16. The highest BCUT2D eigenvalue weighted by molar-refractivity contribution is 14.1. The van der Waals surface area contributed by atoms with Gasteiger partial charge in [0.05, 0.1) is 6.10 Å². The Bertz CT molecular complexity index is 305. The van der Waals surface area contributed by atoms with Gasteiger partial charge in [-0.2, -0.15) is 0 Å². The first kappa shape index (κ1) is 9.31. The molecule has 1 saturated carbocycles. The largest absolute Gasteiger partial charge is 0.490 e. The Hall–Kier alpha value is -0.250. The third-order valence-corrected chi connectivity index (χ3v) is 3.28. The minimum absolute atomic E-state index is 0.504. The molecule has 1 fully saturated rings. The van der Waals surface area contributed by atoms with E-state index in [1.165, 1.54) is 22.0 Å². The molecule has 0 aliphatic heterocycles. The molecule has 0 amide bonds. The molecule has 0 radical (unpaired) electrons. The van der Waals surface area contributed by atoms with Crippen LogP contribution in [-0.4, -0.2) is 6.10 Å². The van der Waals surface area contributed by atoms with Gasteiger partial charge in [0.2, 0.25) is 0 Å². The van der Waals surface area contributed by atoms with Crippen LogP contribution in [-0.2, 0) is 6.42 Å². The van der Waals surface area contributed by atoms with E-state index < -0.39 is 0 Å². The molecule has 1 aromatic carbocycles. The number of rotatable bonds is 3. The first-order chi connectivity index (χ1) is 6.29. The van der Waals surface area contributed by atoms with E-state index >= 15 is 0 Å². The third-order valence-electron chi connectivity index (χ3n) is 2.23. The van der Waals surface area contributed by atoms with Gasteiger partial charge >= 0.3 is 0 Å². The summed E-state index contributed by atoms with van der Waals surface area (Å²) in [5, 5.41) is 0. The van der Waals surface area contributed by atoms with Crippen molar-refractivity contribution < 1.29 is 4.74 Å². The number of benzene rings is 1. The Kier molecular flexibility index (Phi) is 2.77. The average Bonchev–Trinajstić information content (AvgIpc) is 2.92. The van der Waals surface area contributed by atoms with Crippen molar-refractivity contribution in [1.29, 1.82) is 0 Å². The molecule has 0 heterocycles. The van der Waals surface area contributed by atoms with Gasteiger partial charge in [-0.15, -0.1) is 0 Å². The van der Waals surface area contributed by atoms with Crippen molar-refractivity contribution >= 4 is 22.6 Å². The van der Waals surface area contributed by atoms with Crippen LogP contribution in [0.5, 0.6) is 5.75 Å². The van der Waals surface area contributed by atoms with Gasteiger partial charge in [0.25, 0.3) is 0 Å². The van der Waals surface area contributed by atoms with Crippen LogP contribution < -0.4 is 4.74 Å². The molecule has 2 heteroatoms. The summed E-state index contributed by atoms with van der Waals surface area (Å²) >= 11 is 2.37. The topological polar surface area (TPSA) is 9.23 Å². The molecule has 70 valence electrons.